The predicted octanol–water partition coefficient (Wildman–Crippen LogP) is 2.71. The van der Waals surface area contributed by atoms with Crippen LogP contribution in [0.5, 0.6) is 5.88 Å². The molecular weight excluding hydrogens is 216 g/mol. The molecule has 0 saturated carbocycles. The molecule has 0 aliphatic heterocycles. The third kappa shape index (κ3) is 6.12. The highest BCUT2D eigenvalue weighted by atomic mass is 16.5. The molecule has 0 unspecified atom stereocenters. The van der Waals surface area contributed by atoms with E-state index in [9.17, 15) is 0 Å². The van der Waals surface area contributed by atoms with Crippen molar-refractivity contribution in [3.63, 3.8) is 0 Å². The van der Waals surface area contributed by atoms with E-state index >= 15 is 0 Å². The number of rotatable bonds is 9. The fourth-order valence-electron chi connectivity index (χ4n) is 1.34. The molecule has 0 saturated heterocycles. The van der Waals surface area contributed by atoms with Crippen molar-refractivity contribution in [2.24, 2.45) is 0 Å². The van der Waals surface area contributed by atoms with Gasteiger partial charge in [-0.15, -0.1) is 0 Å². The Balaban J connectivity index is 2.19. The number of hydrogen-bond donors (Lipinski definition) is 1. The summed E-state index contributed by atoms with van der Waals surface area (Å²) in [7, 11) is 0. The van der Waals surface area contributed by atoms with E-state index in [4.69, 9.17) is 9.47 Å². The average molecular weight is 238 g/mol. The lowest BCUT2D eigenvalue weighted by molar-refractivity contribution is 0.141. The van der Waals surface area contributed by atoms with Crippen molar-refractivity contribution in [3.05, 3.63) is 18.2 Å². The first-order chi connectivity index (χ1) is 8.36. The lowest BCUT2D eigenvalue weighted by Crippen LogP contribution is -2.11. The van der Waals surface area contributed by atoms with Crippen molar-refractivity contribution in [1.29, 1.82) is 0 Å². The molecule has 1 rings (SSSR count). The standard InChI is InChI=1S/C13H22N2O2/c1-3-5-10-16-11-9-14-12-7-6-8-13(15-12)17-4-2/h6-8H,3-5,9-11H2,1-2H3,(H,14,15). The topological polar surface area (TPSA) is 43.4 Å². The molecule has 1 aromatic heterocycles. The molecule has 0 aromatic carbocycles. The summed E-state index contributed by atoms with van der Waals surface area (Å²) in [5, 5.41) is 3.20. The summed E-state index contributed by atoms with van der Waals surface area (Å²) >= 11 is 0. The molecule has 0 fully saturated rings. The van der Waals surface area contributed by atoms with Crippen LogP contribution in [-0.4, -0.2) is 31.3 Å². The Morgan fingerprint density at radius 2 is 2.12 bits per heavy atom. The molecule has 96 valence electrons. The number of nitrogens with zero attached hydrogens (tertiary/aromatic N) is 1. The average Bonchev–Trinajstić information content (AvgIpc) is 2.35. The largest absolute Gasteiger partial charge is 0.478 e. The van der Waals surface area contributed by atoms with Gasteiger partial charge in [0.1, 0.15) is 5.82 Å². The molecule has 0 aliphatic carbocycles. The second-order valence-electron chi connectivity index (χ2n) is 3.69. The van der Waals surface area contributed by atoms with Crippen LogP contribution >= 0.6 is 0 Å². The first-order valence-corrected chi connectivity index (χ1v) is 6.28. The summed E-state index contributed by atoms with van der Waals surface area (Å²) < 4.78 is 10.8. The first kappa shape index (κ1) is 13.8. The third-order valence-corrected chi connectivity index (χ3v) is 2.21. The highest BCUT2D eigenvalue weighted by Gasteiger charge is 1.97. The molecule has 17 heavy (non-hydrogen) atoms. The molecular formula is C13H22N2O2. The van der Waals surface area contributed by atoms with Gasteiger partial charge < -0.3 is 14.8 Å². The van der Waals surface area contributed by atoms with Gasteiger partial charge >= 0.3 is 0 Å². The maximum absolute atomic E-state index is 5.45. The quantitative estimate of drug-likeness (QED) is 0.672. The van der Waals surface area contributed by atoms with Crippen molar-refractivity contribution >= 4 is 5.82 Å². The molecule has 4 heteroatoms. The van der Waals surface area contributed by atoms with Crippen molar-refractivity contribution in [3.8, 4) is 5.88 Å². The minimum absolute atomic E-state index is 0.635. The van der Waals surface area contributed by atoms with Crippen LogP contribution in [0.15, 0.2) is 18.2 Å². The molecule has 1 heterocycles. The summed E-state index contributed by atoms with van der Waals surface area (Å²) in [5.41, 5.74) is 0. The van der Waals surface area contributed by atoms with Gasteiger partial charge in [0.2, 0.25) is 5.88 Å². The van der Waals surface area contributed by atoms with E-state index in [2.05, 4.69) is 17.2 Å². The number of nitrogens with one attached hydrogen (secondary N) is 1. The van der Waals surface area contributed by atoms with Crippen molar-refractivity contribution in [1.82, 2.24) is 4.98 Å². The summed E-state index contributed by atoms with van der Waals surface area (Å²) in [6.07, 6.45) is 2.30. The van der Waals surface area contributed by atoms with Gasteiger partial charge in [0.15, 0.2) is 0 Å². The van der Waals surface area contributed by atoms with Gasteiger partial charge in [-0.2, -0.15) is 4.98 Å². The van der Waals surface area contributed by atoms with E-state index in [1.54, 1.807) is 0 Å². The van der Waals surface area contributed by atoms with Crippen LogP contribution in [0, 0.1) is 0 Å². The van der Waals surface area contributed by atoms with E-state index in [1.165, 1.54) is 6.42 Å². The zero-order chi connectivity index (χ0) is 12.3. The molecule has 1 N–H and O–H groups in total. The zero-order valence-electron chi connectivity index (χ0n) is 10.7. The molecule has 0 atom stereocenters. The normalized spacial score (nSPS) is 10.2. The van der Waals surface area contributed by atoms with Crippen LogP contribution in [0.2, 0.25) is 0 Å². The van der Waals surface area contributed by atoms with Gasteiger partial charge in [-0.05, 0) is 19.4 Å². The fraction of sp³-hybridized carbons (Fsp3) is 0.615. The number of anilines is 1. The SMILES string of the molecule is CCCCOCCNc1cccc(OCC)n1. The number of ether oxygens (including phenoxy) is 2. The Morgan fingerprint density at radius 3 is 2.88 bits per heavy atom. The van der Waals surface area contributed by atoms with Gasteiger partial charge in [0.05, 0.1) is 13.2 Å². The van der Waals surface area contributed by atoms with Gasteiger partial charge in [0.25, 0.3) is 0 Å². The highest BCUT2D eigenvalue weighted by Crippen LogP contribution is 2.10. The number of pyridine rings is 1. The van der Waals surface area contributed by atoms with Crippen molar-refractivity contribution in [2.75, 3.05) is 31.7 Å². The second kappa shape index (κ2) is 8.82. The lowest BCUT2D eigenvalue weighted by Gasteiger charge is -2.08. The van der Waals surface area contributed by atoms with Crippen LogP contribution in [-0.2, 0) is 4.74 Å². The zero-order valence-corrected chi connectivity index (χ0v) is 10.7. The highest BCUT2D eigenvalue weighted by molar-refractivity contribution is 5.36. The maximum Gasteiger partial charge on any atom is 0.215 e. The van der Waals surface area contributed by atoms with Gasteiger partial charge in [-0.25, -0.2) is 0 Å². The molecule has 1 aromatic rings. The Hall–Kier alpha value is -1.29. The van der Waals surface area contributed by atoms with Gasteiger partial charge in [0, 0.05) is 19.2 Å². The van der Waals surface area contributed by atoms with Crippen LogP contribution in [0.1, 0.15) is 26.7 Å². The fourth-order valence-corrected chi connectivity index (χ4v) is 1.34. The van der Waals surface area contributed by atoms with Gasteiger partial charge in [-0.1, -0.05) is 19.4 Å². The molecule has 0 radical (unpaired) electrons. The third-order valence-electron chi connectivity index (χ3n) is 2.21. The summed E-state index contributed by atoms with van der Waals surface area (Å²) in [6, 6.07) is 5.71. The number of aromatic nitrogens is 1. The van der Waals surface area contributed by atoms with Crippen molar-refractivity contribution < 1.29 is 9.47 Å². The molecule has 0 bridgehead atoms. The lowest BCUT2D eigenvalue weighted by atomic mass is 10.4. The van der Waals surface area contributed by atoms with E-state index in [1.807, 2.05) is 25.1 Å². The summed E-state index contributed by atoms with van der Waals surface area (Å²) in [6.45, 7) is 7.06. The van der Waals surface area contributed by atoms with E-state index < -0.39 is 0 Å². The van der Waals surface area contributed by atoms with Crippen LogP contribution < -0.4 is 10.1 Å². The number of unbranched alkanes of at least 4 members (excludes halogenated alkanes) is 1. The van der Waals surface area contributed by atoms with Crippen LogP contribution in [0.3, 0.4) is 0 Å². The van der Waals surface area contributed by atoms with Crippen molar-refractivity contribution in [2.45, 2.75) is 26.7 Å². The van der Waals surface area contributed by atoms with Gasteiger partial charge in [-0.3, -0.25) is 0 Å². The minimum atomic E-state index is 0.635. The van der Waals surface area contributed by atoms with E-state index in [-0.39, 0.29) is 0 Å². The summed E-state index contributed by atoms with van der Waals surface area (Å²) in [5.74, 6) is 1.49. The monoisotopic (exact) mass is 238 g/mol. The van der Waals surface area contributed by atoms with E-state index in [0.717, 1.165) is 25.4 Å². The summed E-state index contributed by atoms with van der Waals surface area (Å²) in [4.78, 5) is 4.31. The predicted molar refractivity (Wildman–Crippen MR) is 69.6 cm³/mol. The maximum atomic E-state index is 5.45. The Kier molecular flexibility index (Phi) is 7.14. The van der Waals surface area contributed by atoms with Crippen LogP contribution in [0.4, 0.5) is 5.82 Å². The first-order valence-electron chi connectivity index (χ1n) is 6.28. The Morgan fingerprint density at radius 1 is 1.24 bits per heavy atom. The minimum Gasteiger partial charge on any atom is -0.478 e. The molecule has 4 nitrogen and oxygen atoms in total. The Labute approximate surface area is 103 Å². The smallest absolute Gasteiger partial charge is 0.215 e. The van der Waals surface area contributed by atoms with E-state index in [0.29, 0.717) is 19.1 Å². The molecule has 0 spiro atoms. The second-order valence-corrected chi connectivity index (χ2v) is 3.69. The molecule has 0 aliphatic rings. The Bertz CT molecular complexity index is 305. The molecule has 0 amide bonds. The number of hydrogen-bond acceptors (Lipinski definition) is 4. The van der Waals surface area contributed by atoms with Crippen LogP contribution in [0.25, 0.3) is 0 Å².